The number of rotatable bonds is 5. The quantitative estimate of drug-likeness (QED) is 0.528. The van der Waals surface area contributed by atoms with Gasteiger partial charge in [-0.25, -0.2) is 0 Å². The first-order valence-electron chi connectivity index (χ1n) is 12.2. The van der Waals surface area contributed by atoms with Crippen LogP contribution in [0.2, 0.25) is 0 Å². The van der Waals surface area contributed by atoms with Crippen LogP contribution in [0.15, 0.2) is 24.3 Å². The molecular formula is C26H42N2O2. The summed E-state index contributed by atoms with van der Waals surface area (Å²) in [5, 5.41) is 3.34. The van der Waals surface area contributed by atoms with E-state index < -0.39 is 0 Å². The molecule has 0 spiro atoms. The highest BCUT2D eigenvalue weighted by Gasteiger charge is 2.55. The van der Waals surface area contributed by atoms with Crippen molar-refractivity contribution < 1.29 is 9.53 Å². The van der Waals surface area contributed by atoms with E-state index in [-0.39, 0.29) is 22.2 Å². The fourth-order valence-electron chi connectivity index (χ4n) is 7.26. The van der Waals surface area contributed by atoms with Crippen molar-refractivity contribution in [1.82, 2.24) is 10.2 Å². The molecule has 3 fully saturated rings. The number of piperazine rings is 1. The lowest BCUT2D eigenvalue weighted by Gasteiger charge is -2.59. The van der Waals surface area contributed by atoms with E-state index >= 15 is 0 Å². The van der Waals surface area contributed by atoms with E-state index in [0.717, 1.165) is 32.6 Å². The van der Waals surface area contributed by atoms with Crippen molar-refractivity contribution in [1.29, 1.82) is 0 Å². The number of hydrogen-bond acceptors (Lipinski definition) is 4. The fourth-order valence-corrected chi connectivity index (χ4v) is 7.26. The summed E-state index contributed by atoms with van der Waals surface area (Å²) in [4.78, 5) is 14.8. The molecule has 1 heterocycles. The van der Waals surface area contributed by atoms with E-state index in [1.165, 1.54) is 38.5 Å². The Morgan fingerprint density at radius 2 is 2.03 bits per heavy atom. The van der Waals surface area contributed by atoms with Gasteiger partial charge in [0.1, 0.15) is 0 Å². The van der Waals surface area contributed by atoms with Crippen molar-refractivity contribution in [3.8, 4) is 0 Å². The third-order valence-electron chi connectivity index (χ3n) is 9.08. The number of fused-ring (bicyclic) bond motifs is 3. The Kier molecular flexibility index (Phi) is 6.20. The van der Waals surface area contributed by atoms with E-state index in [9.17, 15) is 4.79 Å². The summed E-state index contributed by atoms with van der Waals surface area (Å²) < 4.78 is 5.93. The molecule has 4 nitrogen and oxygen atoms in total. The Balaban J connectivity index is 1.44. The van der Waals surface area contributed by atoms with Crippen LogP contribution in [0.1, 0.15) is 65.7 Å². The molecule has 0 bridgehead atoms. The lowest BCUT2D eigenvalue weighted by Crippen LogP contribution is -2.52. The van der Waals surface area contributed by atoms with Crippen LogP contribution in [-0.2, 0) is 9.53 Å². The third-order valence-corrected chi connectivity index (χ3v) is 9.08. The van der Waals surface area contributed by atoms with E-state index in [1.807, 2.05) is 0 Å². The summed E-state index contributed by atoms with van der Waals surface area (Å²) in [6.07, 6.45) is 13.4. The number of ether oxygens (including phenoxy) is 1. The van der Waals surface area contributed by atoms with Crippen LogP contribution in [0.25, 0.3) is 0 Å². The minimum Gasteiger partial charge on any atom is -0.464 e. The molecule has 5 atom stereocenters. The van der Waals surface area contributed by atoms with Gasteiger partial charge in [0.15, 0.2) is 0 Å². The highest BCUT2D eigenvalue weighted by molar-refractivity contribution is 5.71. The minimum atomic E-state index is -0.0438. The van der Waals surface area contributed by atoms with Crippen LogP contribution >= 0.6 is 0 Å². The summed E-state index contributed by atoms with van der Waals surface area (Å²) in [5.41, 5.74) is 2.34. The van der Waals surface area contributed by atoms with E-state index in [0.29, 0.717) is 25.0 Å². The molecule has 0 aromatic heterocycles. The lowest BCUT2D eigenvalue weighted by atomic mass is 9.46. The van der Waals surface area contributed by atoms with Crippen molar-refractivity contribution in [3.63, 3.8) is 0 Å². The van der Waals surface area contributed by atoms with Gasteiger partial charge in [-0.1, -0.05) is 44.9 Å². The molecule has 4 rings (SSSR count). The average molecular weight is 415 g/mol. The predicted octanol–water partition coefficient (Wildman–Crippen LogP) is 4.57. The monoisotopic (exact) mass is 414 g/mol. The second-order valence-corrected chi connectivity index (χ2v) is 11.4. The maximum atomic E-state index is 12.6. The molecule has 0 amide bonds. The summed E-state index contributed by atoms with van der Waals surface area (Å²) in [6, 6.07) is 0. The number of nitrogens with one attached hydrogen (secondary N) is 1. The van der Waals surface area contributed by atoms with Crippen LogP contribution < -0.4 is 5.32 Å². The zero-order chi connectivity index (χ0) is 21.4. The van der Waals surface area contributed by atoms with Crippen molar-refractivity contribution in [2.24, 2.45) is 28.1 Å². The standard InChI is InChI=1S/C26H42N2O2/c1-5-24(2)12-9-21-20(17-24)7-8-22-25(3,10-6-11-26(21,22)4)19-30-23(29)18-28-15-13-27-14-16-28/h5,9,20,22,27H,1,6-8,10-19H2,2-4H3/t20?,22?,24-,25-,26-/m0/s1. The molecule has 168 valence electrons. The summed E-state index contributed by atoms with van der Waals surface area (Å²) in [5.74, 6) is 1.28. The molecule has 2 unspecified atom stereocenters. The lowest BCUT2D eigenvalue weighted by molar-refractivity contribution is -0.154. The van der Waals surface area contributed by atoms with Gasteiger partial charge in [-0.15, -0.1) is 6.58 Å². The van der Waals surface area contributed by atoms with Crippen molar-refractivity contribution >= 4 is 5.97 Å². The van der Waals surface area contributed by atoms with E-state index in [4.69, 9.17) is 4.74 Å². The van der Waals surface area contributed by atoms with Gasteiger partial charge in [-0.05, 0) is 61.2 Å². The Morgan fingerprint density at radius 1 is 1.27 bits per heavy atom. The number of allylic oxidation sites excluding steroid dienone is 3. The largest absolute Gasteiger partial charge is 0.464 e. The molecule has 0 radical (unpaired) electrons. The SMILES string of the molecule is C=C[C@@]1(C)CC=C2C(CCC3[C@](C)(COC(=O)CN4CCNCC4)CCC[C@@]23C)C1. The average Bonchev–Trinajstić information content (AvgIpc) is 2.73. The maximum Gasteiger partial charge on any atom is 0.320 e. The Hall–Kier alpha value is -1.13. The summed E-state index contributed by atoms with van der Waals surface area (Å²) in [7, 11) is 0. The van der Waals surface area contributed by atoms with Gasteiger partial charge in [-0.2, -0.15) is 0 Å². The summed E-state index contributed by atoms with van der Waals surface area (Å²) in [6.45, 7) is 16.2. The Bertz CT molecular complexity index is 697. The van der Waals surface area contributed by atoms with Crippen LogP contribution in [0.3, 0.4) is 0 Å². The molecule has 2 saturated carbocycles. The van der Waals surface area contributed by atoms with Crippen LogP contribution in [0, 0.1) is 28.1 Å². The van der Waals surface area contributed by atoms with Gasteiger partial charge in [0.2, 0.25) is 0 Å². The molecule has 1 saturated heterocycles. The van der Waals surface area contributed by atoms with E-state index in [1.54, 1.807) is 5.57 Å². The van der Waals surface area contributed by atoms with Gasteiger partial charge >= 0.3 is 5.97 Å². The van der Waals surface area contributed by atoms with Crippen LogP contribution in [0.5, 0.6) is 0 Å². The highest BCUT2D eigenvalue weighted by Crippen LogP contribution is 2.63. The minimum absolute atomic E-state index is 0.0438. The Morgan fingerprint density at radius 3 is 2.77 bits per heavy atom. The first-order chi connectivity index (χ1) is 14.3. The molecule has 1 aliphatic heterocycles. The zero-order valence-electron chi connectivity index (χ0n) is 19.5. The number of carbonyl (C=O) groups is 1. The summed E-state index contributed by atoms with van der Waals surface area (Å²) >= 11 is 0. The topological polar surface area (TPSA) is 41.6 Å². The number of esters is 1. The number of nitrogens with zero attached hydrogens (tertiary/aromatic N) is 1. The van der Waals surface area contributed by atoms with Crippen molar-refractivity contribution in [3.05, 3.63) is 24.3 Å². The zero-order valence-corrected chi connectivity index (χ0v) is 19.5. The molecule has 1 N–H and O–H groups in total. The van der Waals surface area contributed by atoms with Gasteiger partial charge < -0.3 is 10.1 Å². The van der Waals surface area contributed by atoms with Gasteiger partial charge in [0.25, 0.3) is 0 Å². The highest BCUT2D eigenvalue weighted by atomic mass is 16.5. The first kappa shape index (κ1) is 22.1. The number of hydrogen-bond donors (Lipinski definition) is 1. The molecule has 30 heavy (non-hydrogen) atoms. The second-order valence-electron chi connectivity index (χ2n) is 11.4. The maximum absolute atomic E-state index is 12.6. The molecule has 3 aliphatic carbocycles. The Labute approximate surface area is 183 Å². The predicted molar refractivity (Wildman–Crippen MR) is 122 cm³/mol. The molecule has 0 aromatic rings. The molecule has 4 heteroatoms. The van der Waals surface area contributed by atoms with Gasteiger partial charge in [-0.3, -0.25) is 9.69 Å². The third kappa shape index (κ3) is 4.14. The second kappa shape index (κ2) is 8.43. The van der Waals surface area contributed by atoms with Gasteiger partial charge in [0, 0.05) is 31.6 Å². The molecule has 4 aliphatic rings. The number of carbonyl (C=O) groups excluding carboxylic acids is 1. The van der Waals surface area contributed by atoms with Crippen molar-refractivity contribution in [2.45, 2.75) is 65.7 Å². The van der Waals surface area contributed by atoms with Crippen LogP contribution in [-0.4, -0.2) is 50.2 Å². The van der Waals surface area contributed by atoms with Crippen molar-refractivity contribution in [2.75, 3.05) is 39.3 Å². The van der Waals surface area contributed by atoms with Crippen LogP contribution in [0.4, 0.5) is 0 Å². The fraction of sp³-hybridized carbons (Fsp3) is 0.808. The first-order valence-corrected chi connectivity index (χ1v) is 12.2. The normalized spacial score (nSPS) is 41.9. The molecule has 0 aromatic carbocycles. The molecular weight excluding hydrogens is 372 g/mol. The van der Waals surface area contributed by atoms with Gasteiger partial charge in [0.05, 0.1) is 13.2 Å². The smallest absolute Gasteiger partial charge is 0.320 e. The van der Waals surface area contributed by atoms with E-state index in [2.05, 4.69) is 49.7 Å².